The lowest BCUT2D eigenvalue weighted by molar-refractivity contribution is -0.116. The normalized spacial score (nSPS) is 12.6. The Labute approximate surface area is 172 Å². The first-order valence-electron chi connectivity index (χ1n) is 9.21. The first-order chi connectivity index (χ1) is 13.9. The van der Waals surface area contributed by atoms with Gasteiger partial charge in [-0.15, -0.1) is 11.3 Å². The summed E-state index contributed by atoms with van der Waals surface area (Å²) in [6.45, 7) is 5.64. The van der Waals surface area contributed by atoms with Crippen molar-refractivity contribution in [3.8, 4) is 11.8 Å². The number of amides is 1. The molecule has 0 fully saturated rings. The number of benzene rings is 2. The van der Waals surface area contributed by atoms with Gasteiger partial charge in [-0.05, 0) is 44.5 Å². The molecule has 0 saturated carbocycles. The lowest BCUT2D eigenvalue weighted by Crippen LogP contribution is -2.36. The molecule has 0 radical (unpaired) electrons. The van der Waals surface area contributed by atoms with Crippen LogP contribution >= 0.6 is 11.3 Å². The van der Waals surface area contributed by atoms with E-state index in [1.165, 1.54) is 4.57 Å². The van der Waals surface area contributed by atoms with Crippen molar-refractivity contribution in [2.24, 2.45) is 0 Å². The molecule has 146 valence electrons. The van der Waals surface area contributed by atoms with Gasteiger partial charge in [0.05, 0.1) is 10.2 Å². The van der Waals surface area contributed by atoms with Gasteiger partial charge in [0.25, 0.3) is 11.5 Å². The van der Waals surface area contributed by atoms with E-state index in [2.05, 4.69) is 5.32 Å². The quantitative estimate of drug-likeness (QED) is 0.726. The first-order valence-corrected chi connectivity index (χ1v) is 10.0. The Hall–Kier alpha value is -3.43. The molecule has 0 saturated heterocycles. The Morgan fingerprint density at radius 1 is 1.14 bits per heavy atom. The SMILES string of the molecule is Cc1ccc(/C=c2\s/c(=C(/C#N)C(=O)NC(C)C)n(-c3ccccc3)c2=O)cc1. The first kappa shape index (κ1) is 20.3. The Morgan fingerprint density at radius 3 is 2.38 bits per heavy atom. The number of carbonyl (C=O) groups is 1. The standard InChI is InChI=1S/C23H21N3O2S/c1-15(2)25-21(27)19(14-24)23-26(18-7-5-4-6-8-18)22(28)20(29-23)13-17-11-9-16(3)10-12-17/h4-13,15H,1-3H3,(H,25,27)/b20-13-,23-19-. The minimum Gasteiger partial charge on any atom is -0.349 e. The Balaban J connectivity index is 2.35. The number of nitriles is 1. The van der Waals surface area contributed by atoms with E-state index in [0.717, 1.165) is 22.5 Å². The van der Waals surface area contributed by atoms with Gasteiger partial charge in [0, 0.05) is 6.04 Å². The zero-order valence-electron chi connectivity index (χ0n) is 16.5. The molecule has 0 atom stereocenters. The third kappa shape index (κ3) is 4.53. The van der Waals surface area contributed by atoms with Crippen molar-refractivity contribution in [2.45, 2.75) is 26.8 Å². The number of nitrogens with one attached hydrogen (secondary N) is 1. The number of rotatable bonds is 4. The molecule has 2 aromatic carbocycles. The third-order valence-electron chi connectivity index (χ3n) is 4.19. The molecule has 3 aromatic rings. The molecule has 1 amide bonds. The number of aromatic nitrogens is 1. The molecule has 0 unspecified atom stereocenters. The van der Waals surface area contributed by atoms with Crippen LogP contribution in [-0.4, -0.2) is 16.5 Å². The zero-order chi connectivity index (χ0) is 21.0. The van der Waals surface area contributed by atoms with Gasteiger partial charge in [-0.1, -0.05) is 48.0 Å². The molecule has 0 aliphatic carbocycles. The number of para-hydroxylation sites is 1. The molecule has 1 heterocycles. The van der Waals surface area contributed by atoms with Gasteiger partial charge < -0.3 is 5.32 Å². The minimum atomic E-state index is -0.490. The summed E-state index contributed by atoms with van der Waals surface area (Å²) in [6, 6.07) is 18.7. The summed E-state index contributed by atoms with van der Waals surface area (Å²) in [5, 5.41) is 12.4. The molecule has 0 aliphatic heterocycles. The van der Waals surface area contributed by atoms with E-state index >= 15 is 0 Å². The highest BCUT2D eigenvalue weighted by atomic mass is 32.1. The number of aryl methyl sites for hydroxylation is 1. The summed E-state index contributed by atoms with van der Waals surface area (Å²) in [5.74, 6) is -0.490. The molecule has 0 spiro atoms. The summed E-state index contributed by atoms with van der Waals surface area (Å²) >= 11 is 1.14. The predicted octanol–water partition coefficient (Wildman–Crippen LogP) is 2.24. The van der Waals surface area contributed by atoms with Gasteiger partial charge in [0.1, 0.15) is 10.7 Å². The van der Waals surface area contributed by atoms with Crippen LogP contribution in [0, 0.1) is 18.3 Å². The van der Waals surface area contributed by atoms with Crippen LogP contribution in [0.5, 0.6) is 0 Å². The smallest absolute Gasteiger partial charge is 0.273 e. The Morgan fingerprint density at radius 2 is 1.79 bits per heavy atom. The fourth-order valence-corrected chi connectivity index (χ4v) is 3.91. The largest absolute Gasteiger partial charge is 0.349 e. The fourth-order valence-electron chi connectivity index (χ4n) is 2.81. The highest BCUT2D eigenvalue weighted by Crippen LogP contribution is 2.06. The van der Waals surface area contributed by atoms with Gasteiger partial charge in [0.15, 0.2) is 5.57 Å². The van der Waals surface area contributed by atoms with Crippen molar-refractivity contribution in [3.63, 3.8) is 0 Å². The van der Waals surface area contributed by atoms with Crippen LogP contribution < -0.4 is 20.1 Å². The van der Waals surface area contributed by atoms with E-state index in [1.54, 1.807) is 18.2 Å². The summed E-state index contributed by atoms with van der Waals surface area (Å²) in [5.41, 5.74) is 2.28. The van der Waals surface area contributed by atoms with Crippen molar-refractivity contribution >= 4 is 28.9 Å². The van der Waals surface area contributed by atoms with E-state index < -0.39 is 5.91 Å². The van der Waals surface area contributed by atoms with Crippen LogP contribution in [-0.2, 0) is 4.79 Å². The zero-order valence-corrected chi connectivity index (χ0v) is 17.3. The van der Waals surface area contributed by atoms with Gasteiger partial charge in [-0.3, -0.25) is 14.2 Å². The van der Waals surface area contributed by atoms with Crippen molar-refractivity contribution in [1.82, 2.24) is 9.88 Å². The minimum absolute atomic E-state index is 0.0757. The van der Waals surface area contributed by atoms with Crippen LogP contribution in [0.25, 0.3) is 17.3 Å². The van der Waals surface area contributed by atoms with Gasteiger partial charge in [-0.2, -0.15) is 5.26 Å². The van der Waals surface area contributed by atoms with Crippen molar-refractivity contribution in [3.05, 3.63) is 85.3 Å². The average molecular weight is 404 g/mol. The highest BCUT2D eigenvalue weighted by molar-refractivity contribution is 7.07. The Kier molecular flexibility index (Phi) is 6.10. The number of nitrogens with zero attached hydrogens (tertiary/aromatic N) is 2. The predicted molar refractivity (Wildman–Crippen MR) is 116 cm³/mol. The number of hydrogen-bond donors (Lipinski definition) is 1. The van der Waals surface area contributed by atoms with E-state index in [1.807, 2.05) is 69.3 Å². The third-order valence-corrected chi connectivity index (χ3v) is 5.28. The molecule has 0 bridgehead atoms. The lowest BCUT2D eigenvalue weighted by atomic mass is 10.1. The topological polar surface area (TPSA) is 74.9 Å². The van der Waals surface area contributed by atoms with Gasteiger partial charge in [0.2, 0.25) is 0 Å². The molecule has 1 N–H and O–H groups in total. The maximum atomic E-state index is 13.2. The molecule has 1 aromatic heterocycles. The molecular weight excluding hydrogens is 382 g/mol. The molecule has 6 heteroatoms. The molecule has 29 heavy (non-hydrogen) atoms. The number of carbonyl (C=O) groups excluding carboxylic acids is 1. The van der Waals surface area contributed by atoms with Crippen LogP contribution in [0.4, 0.5) is 0 Å². The van der Waals surface area contributed by atoms with Crippen molar-refractivity contribution in [1.29, 1.82) is 5.26 Å². The van der Waals surface area contributed by atoms with E-state index in [4.69, 9.17) is 0 Å². The van der Waals surface area contributed by atoms with Crippen LogP contribution in [0.2, 0.25) is 0 Å². The summed E-state index contributed by atoms with van der Waals surface area (Å²) in [6.07, 6.45) is 1.78. The van der Waals surface area contributed by atoms with Crippen molar-refractivity contribution < 1.29 is 4.79 Å². The highest BCUT2D eigenvalue weighted by Gasteiger charge is 2.17. The summed E-state index contributed by atoms with van der Waals surface area (Å²) in [4.78, 5) is 25.8. The monoisotopic (exact) mass is 403 g/mol. The van der Waals surface area contributed by atoms with Crippen molar-refractivity contribution in [2.75, 3.05) is 0 Å². The summed E-state index contributed by atoms with van der Waals surface area (Å²) < 4.78 is 2.21. The second kappa shape index (κ2) is 8.72. The number of hydrogen-bond acceptors (Lipinski definition) is 4. The van der Waals surface area contributed by atoms with E-state index in [0.29, 0.717) is 14.9 Å². The molecule has 3 rings (SSSR count). The maximum Gasteiger partial charge on any atom is 0.273 e. The average Bonchev–Trinajstić information content (AvgIpc) is 3.00. The maximum absolute atomic E-state index is 13.2. The van der Waals surface area contributed by atoms with Crippen LogP contribution in [0.3, 0.4) is 0 Å². The summed E-state index contributed by atoms with van der Waals surface area (Å²) in [7, 11) is 0. The second-order valence-corrected chi connectivity index (χ2v) is 7.95. The lowest BCUT2D eigenvalue weighted by Gasteiger charge is -2.07. The van der Waals surface area contributed by atoms with E-state index in [-0.39, 0.29) is 17.2 Å². The Bertz CT molecular complexity index is 1240. The fraction of sp³-hybridized carbons (Fsp3) is 0.174. The van der Waals surface area contributed by atoms with Crippen LogP contribution in [0.15, 0.2) is 59.4 Å². The molecular formula is C23H21N3O2S. The molecule has 5 nitrogen and oxygen atoms in total. The van der Waals surface area contributed by atoms with Gasteiger partial charge >= 0.3 is 0 Å². The second-order valence-electron chi connectivity index (χ2n) is 6.92. The van der Waals surface area contributed by atoms with Gasteiger partial charge in [-0.25, -0.2) is 0 Å². The van der Waals surface area contributed by atoms with E-state index in [9.17, 15) is 14.9 Å². The van der Waals surface area contributed by atoms with Crippen LogP contribution in [0.1, 0.15) is 25.0 Å². The number of thiazole rings is 1. The molecule has 0 aliphatic rings.